The monoisotopic (exact) mass is 233 g/mol. The average molecular weight is 233 g/mol. The Balaban J connectivity index is 2.56. The van der Waals surface area contributed by atoms with Gasteiger partial charge in [-0.3, -0.25) is 9.69 Å². The van der Waals surface area contributed by atoms with Gasteiger partial charge in [0.25, 0.3) is 0 Å². The van der Waals surface area contributed by atoms with Gasteiger partial charge in [-0.2, -0.15) is 0 Å². The molecule has 0 aromatic heterocycles. The van der Waals surface area contributed by atoms with Crippen molar-refractivity contribution in [1.29, 1.82) is 0 Å². The summed E-state index contributed by atoms with van der Waals surface area (Å²) in [5.74, 6) is -0.759. The summed E-state index contributed by atoms with van der Waals surface area (Å²) in [5.41, 5.74) is 2.24. The number of carboxylic acids is 1. The van der Waals surface area contributed by atoms with Crippen molar-refractivity contribution >= 4 is 5.97 Å². The van der Waals surface area contributed by atoms with E-state index in [2.05, 4.69) is 11.5 Å². The van der Waals surface area contributed by atoms with Gasteiger partial charge in [0.1, 0.15) is 0 Å². The SMILES string of the molecule is C=C(C)CN(CCC(=O)O)Cc1ccccc1. The van der Waals surface area contributed by atoms with Gasteiger partial charge in [0.2, 0.25) is 0 Å². The summed E-state index contributed by atoms with van der Waals surface area (Å²) in [6.45, 7) is 7.89. The normalized spacial score (nSPS) is 10.5. The molecule has 1 aromatic carbocycles. The summed E-state index contributed by atoms with van der Waals surface area (Å²) in [6.07, 6.45) is 0.167. The van der Waals surface area contributed by atoms with Gasteiger partial charge in [-0.05, 0) is 12.5 Å². The summed E-state index contributed by atoms with van der Waals surface area (Å²) >= 11 is 0. The zero-order chi connectivity index (χ0) is 12.7. The zero-order valence-corrected chi connectivity index (χ0v) is 10.2. The molecule has 0 bridgehead atoms. The predicted molar refractivity (Wildman–Crippen MR) is 68.8 cm³/mol. The van der Waals surface area contributed by atoms with Crippen LogP contribution in [0.5, 0.6) is 0 Å². The van der Waals surface area contributed by atoms with E-state index in [1.54, 1.807) is 0 Å². The molecule has 0 radical (unpaired) electrons. The predicted octanol–water partition coefficient (Wildman–Crippen LogP) is 2.54. The van der Waals surface area contributed by atoms with Gasteiger partial charge in [0, 0.05) is 19.6 Å². The summed E-state index contributed by atoms with van der Waals surface area (Å²) in [4.78, 5) is 12.7. The lowest BCUT2D eigenvalue weighted by Crippen LogP contribution is -2.27. The Bertz CT molecular complexity index is 373. The molecule has 0 unspecified atom stereocenters. The van der Waals surface area contributed by atoms with Crippen molar-refractivity contribution in [2.75, 3.05) is 13.1 Å². The molecular formula is C14H19NO2. The van der Waals surface area contributed by atoms with Crippen LogP contribution in [0.25, 0.3) is 0 Å². The van der Waals surface area contributed by atoms with E-state index < -0.39 is 5.97 Å². The summed E-state index contributed by atoms with van der Waals surface area (Å²) in [7, 11) is 0. The molecule has 0 aliphatic heterocycles. The van der Waals surface area contributed by atoms with Crippen LogP contribution in [-0.2, 0) is 11.3 Å². The van der Waals surface area contributed by atoms with Crippen molar-refractivity contribution in [2.45, 2.75) is 19.9 Å². The first-order valence-corrected chi connectivity index (χ1v) is 5.70. The molecule has 0 spiro atoms. The van der Waals surface area contributed by atoms with Gasteiger partial charge in [0.05, 0.1) is 6.42 Å². The lowest BCUT2D eigenvalue weighted by Gasteiger charge is -2.21. The highest BCUT2D eigenvalue weighted by atomic mass is 16.4. The molecule has 0 heterocycles. The highest BCUT2D eigenvalue weighted by Crippen LogP contribution is 2.07. The van der Waals surface area contributed by atoms with Crippen molar-refractivity contribution in [3.63, 3.8) is 0 Å². The molecule has 0 fully saturated rings. The second-order valence-corrected chi connectivity index (χ2v) is 4.30. The molecule has 0 amide bonds. The van der Waals surface area contributed by atoms with Gasteiger partial charge in [-0.25, -0.2) is 0 Å². The van der Waals surface area contributed by atoms with Crippen LogP contribution in [0.4, 0.5) is 0 Å². The Hall–Kier alpha value is -1.61. The molecule has 0 saturated carbocycles. The maximum absolute atomic E-state index is 10.6. The molecule has 0 saturated heterocycles. The van der Waals surface area contributed by atoms with Gasteiger partial charge in [0.15, 0.2) is 0 Å². The summed E-state index contributed by atoms with van der Waals surface area (Å²) < 4.78 is 0. The van der Waals surface area contributed by atoms with Gasteiger partial charge in [-0.1, -0.05) is 42.5 Å². The first kappa shape index (κ1) is 13.5. The van der Waals surface area contributed by atoms with Gasteiger partial charge >= 0.3 is 5.97 Å². The van der Waals surface area contributed by atoms with E-state index in [0.717, 1.165) is 18.7 Å². The third-order valence-electron chi connectivity index (χ3n) is 2.38. The highest BCUT2D eigenvalue weighted by molar-refractivity contribution is 5.66. The number of nitrogens with zero attached hydrogens (tertiary/aromatic N) is 1. The second kappa shape index (κ2) is 6.86. The second-order valence-electron chi connectivity index (χ2n) is 4.30. The Morgan fingerprint density at radius 2 is 2.00 bits per heavy atom. The van der Waals surface area contributed by atoms with Crippen LogP contribution in [0, 0.1) is 0 Å². The van der Waals surface area contributed by atoms with Crippen molar-refractivity contribution < 1.29 is 9.90 Å². The maximum Gasteiger partial charge on any atom is 0.304 e. The van der Waals surface area contributed by atoms with Crippen LogP contribution in [0.3, 0.4) is 0 Å². The Labute approximate surface area is 102 Å². The third-order valence-corrected chi connectivity index (χ3v) is 2.38. The quantitative estimate of drug-likeness (QED) is 0.736. The van der Waals surface area contributed by atoms with Crippen LogP contribution in [-0.4, -0.2) is 29.1 Å². The summed E-state index contributed by atoms with van der Waals surface area (Å²) in [6, 6.07) is 10.1. The number of hydrogen-bond donors (Lipinski definition) is 1. The first-order valence-electron chi connectivity index (χ1n) is 5.70. The molecule has 0 aliphatic carbocycles. The molecule has 3 heteroatoms. The lowest BCUT2D eigenvalue weighted by atomic mass is 10.2. The largest absolute Gasteiger partial charge is 0.481 e. The molecular weight excluding hydrogens is 214 g/mol. The fraction of sp³-hybridized carbons (Fsp3) is 0.357. The number of rotatable bonds is 7. The molecule has 1 aromatic rings. The molecule has 17 heavy (non-hydrogen) atoms. The van der Waals surface area contributed by atoms with E-state index in [1.165, 1.54) is 5.56 Å². The molecule has 3 nitrogen and oxygen atoms in total. The van der Waals surface area contributed by atoms with Crippen molar-refractivity contribution in [3.05, 3.63) is 48.0 Å². The number of aliphatic carboxylic acids is 1. The lowest BCUT2D eigenvalue weighted by molar-refractivity contribution is -0.137. The number of carbonyl (C=O) groups is 1. The topological polar surface area (TPSA) is 40.5 Å². The van der Waals surface area contributed by atoms with Gasteiger partial charge < -0.3 is 5.11 Å². The van der Waals surface area contributed by atoms with E-state index >= 15 is 0 Å². The fourth-order valence-corrected chi connectivity index (χ4v) is 1.69. The van der Waals surface area contributed by atoms with E-state index in [0.29, 0.717) is 6.54 Å². The van der Waals surface area contributed by atoms with E-state index in [4.69, 9.17) is 5.11 Å². The Morgan fingerprint density at radius 1 is 1.35 bits per heavy atom. The van der Waals surface area contributed by atoms with Gasteiger partial charge in [-0.15, -0.1) is 0 Å². The molecule has 0 aliphatic rings. The average Bonchev–Trinajstić information content (AvgIpc) is 2.26. The van der Waals surface area contributed by atoms with Crippen LogP contribution >= 0.6 is 0 Å². The minimum atomic E-state index is -0.759. The van der Waals surface area contributed by atoms with Crippen molar-refractivity contribution in [1.82, 2.24) is 4.90 Å². The smallest absolute Gasteiger partial charge is 0.304 e. The van der Waals surface area contributed by atoms with E-state index in [-0.39, 0.29) is 6.42 Å². The molecule has 0 atom stereocenters. The highest BCUT2D eigenvalue weighted by Gasteiger charge is 2.08. The Morgan fingerprint density at radius 3 is 2.53 bits per heavy atom. The van der Waals surface area contributed by atoms with Crippen LogP contribution in [0.15, 0.2) is 42.5 Å². The third kappa shape index (κ3) is 5.88. The Kier molecular flexibility index (Phi) is 5.43. The zero-order valence-electron chi connectivity index (χ0n) is 10.2. The molecule has 92 valence electrons. The number of benzene rings is 1. The van der Waals surface area contributed by atoms with Crippen LogP contribution in [0.2, 0.25) is 0 Å². The minimum absolute atomic E-state index is 0.167. The standard InChI is InChI=1S/C14H19NO2/c1-12(2)10-15(9-8-14(16)17)11-13-6-4-3-5-7-13/h3-7H,1,8-11H2,2H3,(H,16,17). The van der Waals surface area contributed by atoms with Crippen molar-refractivity contribution in [2.24, 2.45) is 0 Å². The first-order chi connectivity index (χ1) is 8.08. The fourth-order valence-electron chi connectivity index (χ4n) is 1.69. The minimum Gasteiger partial charge on any atom is -0.481 e. The molecule has 1 rings (SSSR count). The maximum atomic E-state index is 10.6. The summed E-state index contributed by atoms with van der Waals surface area (Å²) in [5, 5.41) is 8.71. The van der Waals surface area contributed by atoms with Crippen LogP contribution < -0.4 is 0 Å². The van der Waals surface area contributed by atoms with Crippen molar-refractivity contribution in [3.8, 4) is 0 Å². The number of hydrogen-bond acceptors (Lipinski definition) is 2. The van der Waals surface area contributed by atoms with E-state index in [9.17, 15) is 4.79 Å². The number of carboxylic acid groups (broad SMARTS) is 1. The van der Waals surface area contributed by atoms with E-state index in [1.807, 2.05) is 37.3 Å². The van der Waals surface area contributed by atoms with Crippen LogP contribution in [0.1, 0.15) is 18.9 Å². The molecule has 1 N–H and O–H groups in total.